The number of carbonyl (C=O) groups is 1. The molecule has 108 valence electrons. The van der Waals surface area contributed by atoms with Crippen molar-refractivity contribution in [3.63, 3.8) is 0 Å². The predicted octanol–water partition coefficient (Wildman–Crippen LogP) is 3.31. The first kappa shape index (κ1) is 13.2. The molecule has 6 nitrogen and oxygen atoms in total. The highest BCUT2D eigenvalue weighted by atomic mass is 16.5. The smallest absolute Gasteiger partial charge is 0.339 e. The highest BCUT2D eigenvalue weighted by Crippen LogP contribution is 2.29. The van der Waals surface area contributed by atoms with Gasteiger partial charge in [-0.15, -0.1) is 0 Å². The Morgan fingerprint density at radius 3 is 2.81 bits per heavy atom. The summed E-state index contributed by atoms with van der Waals surface area (Å²) in [5.74, 6) is 1.08. The molecule has 21 heavy (non-hydrogen) atoms. The van der Waals surface area contributed by atoms with Crippen molar-refractivity contribution in [1.82, 2.24) is 4.98 Å². The number of aryl methyl sites for hydroxylation is 2. The number of nitrogens with zero attached hydrogens (tertiary/aromatic N) is 1. The van der Waals surface area contributed by atoms with Gasteiger partial charge in [0.15, 0.2) is 11.7 Å². The van der Waals surface area contributed by atoms with Crippen molar-refractivity contribution in [2.75, 3.05) is 0 Å². The molecule has 0 saturated heterocycles. The van der Waals surface area contributed by atoms with Crippen LogP contribution in [-0.4, -0.2) is 16.1 Å². The second kappa shape index (κ2) is 4.97. The number of aromatic nitrogens is 1. The number of fused-ring (bicyclic) bond motifs is 1. The van der Waals surface area contributed by atoms with Crippen LogP contribution < -0.4 is 4.74 Å². The first-order valence-corrected chi connectivity index (χ1v) is 6.35. The highest BCUT2D eigenvalue weighted by molar-refractivity contribution is 6.03. The molecule has 3 rings (SSSR count). The van der Waals surface area contributed by atoms with Gasteiger partial charge in [0.05, 0.1) is 6.20 Å². The summed E-state index contributed by atoms with van der Waals surface area (Å²) < 4.78 is 16.3. The van der Waals surface area contributed by atoms with Gasteiger partial charge in [-0.3, -0.25) is 0 Å². The molecule has 2 heterocycles. The van der Waals surface area contributed by atoms with Gasteiger partial charge >= 0.3 is 5.97 Å². The molecule has 0 radical (unpaired) electrons. The summed E-state index contributed by atoms with van der Waals surface area (Å²) in [4.78, 5) is 15.2. The molecule has 1 aromatic carbocycles. The normalized spacial score (nSPS) is 11.0. The van der Waals surface area contributed by atoms with E-state index in [1.165, 1.54) is 0 Å². The van der Waals surface area contributed by atoms with E-state index in [1.807, 2.05) is 0 Å². The van der Waals surface area contributed by atoms with Gasteiger partial charge in [0.1, 0.15) is 29.3 Å². The average Bonchev–Trinajstić information content (AvgIpc) is 2.98. The maximum Gasteiger partial charge on any atom is 0.339 e. The quantitative estimate of drug-likeness (QED) is 0.792. The molecule has 6 heteroatoms. The van der Waals surface area contributed by atoms with Gasteiger partial charge in [-0.2, -0.15) is 0 Å². The van der Waals surface area contributed by atoms with E-state index in [2.05, 4.69) is 4.98 Å². The Morgan fingerprint density at radius 1 is 1.33 bits per heavy atom. The Balaban J connectivity index is 1.89. The third kappa shape index (κ3) is 2.47. The second-order valence-corrected chi connectivity index (χ2v) is 4.63. The third-order valence-electron chi connectivity index (χ3n) is 3.10. The van der Waals surface area contributed by atoms with Gasteiger partial charge in [0, 0.05) is 12.3 Å². The van der Waals surface area contributed by atoms with Crippen molar-refractivity contribution in [3.8, 4) is 5.75 Å². The number of benzene rings is 1. The maximum atomic E-state index is 11.3. The Kier molecular flexibility index (Phi) is 3.13. The van der Waals surface area contributed by atoms with Crippen LogP contribution in [0.15, 0.2) is 33.2 Å². The van der Waals surface area contributed by atoms with E-state index in [4.69, 9.17) is 13.6 Å². The monoisotopic (exact) mass is 287 g/mol. The molecule has 1 N–H and O–H groups in total. The van der Waals surface area contributed by atoms with Crippen LogP contribution in [0.1, 0.15) is 27.8 Å². The number of hydrogen-bond donors (Lipinski definition) is 1. The molecule has 0 atom stereocenters. The SMILES string of the molecule is Cc1ncc(COc2ccc3oc(C)c(C(=O)O)c3c2)o1. The van der Waals surface area contributed by atoms with Crippen LogP contribution in [0.3, 0.4) is 0 Å². The molecule has 0 amide bonds. The first-order chi connectivity index (χ1) is 10.0. The summed E-state index contributed by atoms with van der Waals surface area (Å²) in [6.07, 6.45) is 1.60. The molecule has 3 aromatic rings. The minimum absolute atomic E-state index is 0.158. The Hall–Kier alpha value is -2.76. The molecule has 0 saturated carbocycles. The van der Waals surface area contributed by atoms with Crippen molar-refractivity contribution < 1.29 is 23.5 Å². The van der Waals surface area contributed by atoms with Gasteiger partial charge < -0.3 is 18.7 Å². The molecule has 0 bridgehead atoms. The van der Waals surface area contributed by atoms with Crippen molar-refractivity contribution >= 4 is 16.9 Å². The third-order valence-corrected chi connectivity index (χ3v) is 3.10. The summed E-state index contributed by atoms with van der Waals surface area (Å²) in [6, 6.07) is 5.06. The Morgan fingerprint density at radius 2 is 2.14 bits per heavy atom. The number of carboxylic acid groups (broad SMARTS) is 1. The molecule has 0 unspecified atom stereocenters. The lowest BCUT2D eigenvalue weighted by molar-refractivity contribution is 0.0697. The van der Waals surface area contributed by atoms with Crippen LogP contribution in [0, 0.1) is 13.8 Å². The fraction of sp³-hybridized carbons (Fsp3) is 0.200. The lowest BCUT2D eigenvalue weighted by Crippen LogP contribution is -1.97. The van der Waals surface area contributed by atoms with E-state index < -0.39 is 5.97 Å². The summed E-state index contributed by atoms with van der Waals surface area (Å²) in [7, 11) is 0. The number of hydrogen-bond acceptors (Lipinski definition) is 5. The maximum absolute atomic E-state index is 11.3. The van der Waals surface area contributed by atoms with Crippen LogP contribution in [0.4, 0.5) is 0 Å². The molecular formula is C15H13NO5. The molecule has 0 aliphatic carbocycles. The molecule has 0 aliphatic rings. The van der Waals surface area contributed by atoms with Crippen molar-refractivity contribution in [2.24, 2.45) is 0 Å². The average molecular weight is 287 g/mol. The van der Waals surface area contributed by atoms with E-state index in [1.54, 1.807) is 38.2 Å². The van der Waals surface area contributed by atoms with E-state index in [9.17, 15) is 9.90 Å². The lowest BCUT2D eigenvalue weighted by Gasteiger charge is -2.03. The lowest BCUT2D eigenvalue weighted by atomic mass is 10.1. The molecule has 0 fully saturated rings. The summed E-state index contributed by atoms with van der Waals surface area (Å²) in [5.41, 5.74) is 0.679. The zero-order valence-corrected chi connectivity index (χ0v) is 11.5. The minimum Gasteiger partial charge on any atom is -0.486 e. The number of furan rings is 1. The van der Waals surface area contributed by atoms with Crippen LogP contribution in [0.25, 0.3) is 11.0 Å². The minimum atomic E-state index is -1.02. The summed E-state index contributed by atoms with van der Waals surface area (Å²) in [5, 5.41) is 9.75. The van der Waals surface area contributed by atoms with E-state index in [-0.39, 0.29) is 12.2 Å². The van der Waals surface area contributed by atoms with E-state index in [0.717, 1.165) is 0 Å². The number of oxazole rings is 1. The molecule has 0 spiro atoms. The first-order valence-electron chi connectivity index (χ1n) is 6.35. The number of aromatic carboxylic acids is 1. The van der Waals surface area contributed by atoms with Gasteiger partial charge in [0.2, 0.25) is 0 Å². The fourth-order valence-corrected chi connectivity index (χ4v) is 2.18. The zero-order chi connectivity index (χ0) is 15.0. The van der Waals surface area contributed by atoms with E-state index in [0.29, 0.717) is 34.1 Å². The zero-order valence-electron chi connectivity index (χ0n) is 11.5. The predicted molar refractivity (Wildman–Crippen MR) is 73.5 cm³/mol. The van der Waals surface area contributed by atoms with Crippen LogP contribution in [-0.2, 0) is 6.61 Å². The number of ether oxygens (including phenoxy) is 1. The van der Waals surface area contributed by atoms with E-state index >= 15 is 0 Å². The summed E-state index contributed by atoms with van der Waals surface area (Å²) in [6.45, 7) is 3.61. The van der Waals surface area contributed by atoms with Crippen LogP contribution in [0.5, 0.6) is 5.75 Å². The topological polar surface area (TPSA) is 85.7 Å². The molecular weight excluding hydrogens is 274 g/mol. The standard InChI is InChI=1S/C15H13NO5/c1-8-14(15(17)18)12-5-10(3-4-13(12)20-8)19-7-11-6-16-9(2)21-11/h3-6H,7H2,1-2H3,(H,17,18). The van der Waals surface area contributed by atoms with Crippen molar-refractivity contribution in [3.05, 3.63) is 47.4 Å². The van der Waals surface area contributed by atoms with Gasteiger partial charge in [-0.25, -0.2) is 9.78 Å². The Bertz CT molecular complexity index is 815. The van der Waals surface area contributed by atoms with Gasteiger partial charge in [-0.1, -0.05) is 0 Å². The largest absolute Gasteiger partial charge is 0.486 e. The second-order valence-electron chi connectivity index (χ2n) is 4.63. The van der Waals surface area contributed by atoms with Gasteiger partial charge in [-0.05, 0) is 25.1 Å². The molecule has 2 aromatic heterocycles. The molecule has 0 aliphatic heterocycles. The van der Waals surface area contributed by atoms with Gasteiger partial charge in [0.25, 0.3) is 0 Å². The van der Waals surface area contributed by atoms with Crippen LogP contribution >= 0.6 is 0 Å². The fourth-order valence-electron chi connectivity index (χ4n) is 2.18. The van der Waals surface area contributed by atoms with Crippen LogP contribution in [0.2, 0.25) is 0 Å². The Labute approximate surface area is 120 Å². The van der Waals surface area contributed by atoms with Crippen molar-refractivity contribution in [1.29, 1.82) is 0 Å². The number of carboxylic acids is 1. The summed E-state index contributed by atoms with van der Waals surface area (Å²) >= 11 is 0. The number of rotatable bonds is 4. The van der Waals surface area contributed by atoms with Crippen molar-refractivity contribution in [2.45, 2.75) is 20.5 Å². The highest BCUT2D eigenvalue weighted by Gasteiger charge is 2.17.